The van der Waals surface area contributed by atoms with Crippen molar-refractivity contribution in [3.05, 3.63) is 45.5 Å². The van der Waals surface area contributed by atoms with E-state index in [1.165, 1.54) is 0 Å². The summed E-state index contributed by atoms with van der Waals surface area (Å²) in [5.74, 6) is -0.552. The van der Waals surface area contributed by atoms with Gasteiger partial charge < -0.3 is 14.6 Å². The largest absolute Gasteiger partial charge is 0.457 e. The van der Waals surface area contributed by atoms with Crippen LogP contribution in [0.5, 0.6) is 0 Å². The summed E-state index contributed by atoms with van der Waals surface area (Å²) in [4.78, 5) is 28.1. The molecule has 0 aliphatic rings. The van der Waals surface area contributed by atoms with E-state index in [9.17, 15) is 14.7 Å². The van der Waals surface area contributed by atoms with Gasteiger partial charge in [0.25, 0.3) is 0 Å². The lowest BCUT2D eigenvalue weighted by molar-refractivity contribution is -0.147. The lowest BCUT2D eigenvalue weighted by Crippen LogP contribution is -2.26. The van der Waals surface area contributed by atoms with Crippen LogP contribution in [-0.4, -0.2) is 34.6 Å². The maximum absolute atomic E-state index is 12.7. The summed E-state index contributed by atoms with van der Waals surface area (Å²) in [5.41, 5.74) is 3.02. The number of allylic oxidation sites excluding steroid dienone is 3. The van der Waals surface area contributed by atoms with Crippen molar-refractivity contribution in [2.45, 2.75) is 99.7 Å². The van der Waals surface area contributed by atoms with Gasteiger partial charge in [-0.3, -0.25) is 4.79 Å². The average molecular weight is 504 g/mol. The molecule has 0 saturated heterocycles. The number of aldehydes is 1. The first-order valence-corrected chi connectivity index (χ1v) is 13.5. The minimum absolute atomic E-state index is 0.00734. The standard InChI is InChI=1S/C29H45NO4S/c1-9-29(7,8)16-15-27(32)34-26(22(4)17-25-19-35-24(6)30-25)14-13-20(2)11-10-12-21(3)28(33)23(5)18-31/h10-11,13,17-19,21,23,26,28,33H,9,12,14-16H2,1-8H3/b11-10+,20-13-,22-17+/t21-,23-,26-,28?/m0/s1. The minimum atomic E-state index is -0.648. The Morgan fingerprint density at radius 1 is 1.26 bits per heavy atom. The molecule has 0 bridgehead atoms. The van der Waals surface area contributed by atoms with Crippen molar-refractivity contribution in [2.24, 2.45) is 17.3 Å². The molecule has 35 heavy (non-hydrogen) atoms. The highest BCUT2D eigenvalue weighted by molar-refractivity contribution is 7.09. The monoisotopic (exact) mass is 503 g/mol. The second-order valence-corrected chi connectivity index (χ2v) is 11.5. The van der Waals surface area contributed by atoms with Crippen LogP contribution < -0.4 is 0 Å². The van der Waals surface area contributed by atoms with Crippen molar-refractivity contribution < 1.29 is 19.4 Å². The fourth-order valence-electron chi connectivity index (χ4n) is 3.50. The highest BCUT2D eigenvalue weighted by Gasteiger charge is 2.21. The maximum atomic E-state index is 12.7. The van der Waals surface area contributed by atoms with Crippen molar-refractivity contribution in [1.29, 1.82) is 0 Å². The van der Waals surface area contributed by atoms with Crippen LogP contribution in [-0.2, 0) is 14.3 Å². The molecule has 0 saturated carbocycles. The lowest BCUT2D eigenvalue weighted by atomic mass is 9.85. The third kappa shape index (κ3) is 12.0. The number of nitrogens with zero attached hydrogens (tertiary/aromatic N) is 1. The van der Waals surface area contributed by atoms with E-state index in [2.05, 4.69) is 31.8 Å². The number of hydrogen-bond donors (Lipinski definition) is 1. The summed E-state index contributed by atoms with van der Waals surface area (Å²) in [6.45, 7) is 16.1. The molecule has 0 aliphatic carbocycles. The van der Waals surface area contributed by atoms with Crippen LogP contribution in [0.4, 0.5) is 0 Å². The quantitative estimate of drug-likeness (QED) is 0.157. The Balaban J connectivity index is 2.88. The molecule has 0 fully saturated rings. The van der Waals surface area contributed by atoms with Gasteiger partial charge in [0, 0.05) is 24.1 Å². The molecule has 0 radical (unpaired) electrons. The molecule has 4 atom stereocenters. The van der Waals surface area contributed by atoms with Crippen LogP contribution in [0.1, 0.15) is 91.3 Å². The number of carbonyl (C=O) groups excluding carboxylic acids is 2. The number of thiazole rings is 1. The number of rotatable bonds is 15. The maximum Gasteiger partial charge on any atom is 0.306 e. The molecule has 5 nitrogen and oxygen atoms in total. The smallest absolute Gasteiger partial charge is 0.306 e. The number of carbonyl (C=O) groups is 2. The van der Waals surface area contributed by atoms with Crippen LogP contribution >= 0.6 is 11.3 Å². The van der Waals surface area contributed by atoms with Gasteiger partial charge >= 0.3 is 5.97 Å². The first-order valence-electron chi connectivity index (χ1n) is 12.6. The molecule has 1 aromatic rings. The number of esters is 1. The molecule has 0 aliphatic heterocycles. The third-order valence-electron chi connectivity index (χ3n) is 6.64. The van der Waals surface area contributed by atoms with E-state index in [-0.39, 0.29) is 29.3 Å². The van der Waals surface area contributed by atoms with Gasteiger partial charge in [0.1, 0.15) is 12.4 Å². The summed E-state index contributed by atoms with van der Waals surface area (Å²) in [6.07, 6.45) is 11.4. The Morgan fingerprint density at radius 3 is 2.51 bits per heavy atom. The van der Waals surface area contributed by atoms with Crippen molar-refractivity contribution in [3.8, 4) is 0 Å². The molecule has 1 heterocycles. The highest BCUT2D eigenvalue weighted by Crippen LogP contribution is 2.27. The van der Waals surface area contributed by atoms with Crippen molar-refractivity contribution in [2.75, 3.05) is 0 Å². The van der Waals surface area contributed by atoms with Crippen molar-refractivity contribution in [3.63, 3.8) is 0 Å². The number of aromatic nitrogens is 1. The van der Waals surface area contributed by atoms with E-state index < -0.39 is 6.10 Å². The Labute approximate surface area is 216 Å². The lowest BCUT2D eigenvalue weighted by Gasteiger charge is -2.23. The van der Waals surface area contributed by atoms with E-state index in [4.69, 9.17) is 4.74 Å². The first kappa shape index (κ1) is 31.0. The Bertz CT molecular complexity index is 896. The predicted molar refractivity (Wildman–Crippen MR) is 146 cm³/mol. The molecule has 1 aromatic heterocycles. The number of aliphatic hydroxyl groups is 1. The van der Waals surface area contributed by atoms with E-state index in [0.717, 1.165) is 41.0 Å². The molecule has 0 aromatic carbocycles. The Hall–Kier alpha value is -2.05. The number of aryl methyl sites for hydroxylation is 1. The van der Waals surface area contributed by atoms with Crippen molar-refractivity contribution in [1.82, 2.24) is 4.98 Å². The van der Waals surface area contributed by atoms with Crippen LogP contribution in [0.3, 0.4) is 0 Å². The van der Waals surface area contributed by atoms with E-state index >= 15 is 0 Å². The molecule has 1 N–H and O–H groups in total. The second-order valence-electron chi connectivity index (χ2n) is 10.5. The average Bonchev–Trinajstić information content (AvgIpc) is 3.23. The van der Waals surface area contributed by atoms with Gasteiger partial charge in [-0.05, 0) is 56.6 Å². The number of ether oxygens (including phenoxy) is 1. The molecular formula is C29H45NO4S. The van der Waals surface area contributed by atoms with Crippen LogP contribution in [0.15, 0.2) is 34.8 Å². The molecule has 1 unspecified atom stereocenters. The number of hydrogen-bond acceptors (Lipinski definition) is 6. The van der Waals surface area contributed by atoms with Gasteiger partial charge in [0.2, 0.25) is 0 Å². The summed E-state index contributed by atoms with van der Waals surface area (Å²) in [7, 11) is 0. The summed E-state index contributed by atoms with van der Waals surface area (Å²) >= 11 is 1.60. The van der Waals surface area contributed by atoms with Crippen LogP contribution in [0.25, 0.3) is 6.08 Å². The predicted octanol–water partition coefficient (Wildman–Crippen LogP) is 7.10. The zero-order valence-corrected chi connectivity index (χ0v) is 23.7. The SMILES string of the molecule is CCC(C)(C)CCC(=O)O[C@@H](C/C=C(C)\C=C\C[C@H](C)C(O)[C@@H](C)C=O)/C(C)=C/c1csc(C)n1. The summed E-state index contributed by atoms with van der Waals surface area (Å²) < 4.78 is 5.93. The van der Waals surface area contributed by atoms with Crippen molar-refractivity contribution >= 4 is 29.7 Å². The molecule has 0 amide bonds. The van der Waals surface area contributed by atoms with Gasteiger partial charge in [-0.2, -0.15) is 0 Å². The summed E-state index contributed by atoms with van der Waals surface area (Å²) in [6, 6.07) is 0. The molecule has 1 rings (SSSR count). The topological polar surface area (TPSA) is 76.5 Å². The summed E-state index contributed by atoms with van der Waals surface area (Å²) in [5, 5.41) is 13.2. The van der Waals surface area contributed by atoms with Gasteiger partial charge in [0.15, 0.2) is 0 Å². The molecular weight excluding hydrogens is 458 g/mol. The zero-order chi connectivity index (χ0) is 26.6. The normalized spacial score (nSPS) is 16.7. The van der Waals surface area contributed by atoms with Gasteiger partial charge in [-0.25, -0.2) is 4.98 Å². The van der Waals surface area contributed by atoms with E-state index in [1.54, 1.807) is 18.3 Å². The Morgan fingerprint density at radius 2 is 1.94 bits per heavy atom. The van der Waals surface area contributed by atoms with Gasteiger partial charge in [-0.1, -0.05) is 64.8 Å². The highest BCUT2D eigenvalue weighted by atomic mass is 32.1. The van der Waals surface area contributed by atoms with Crippen LogP contribution in [0, 0.1) is 24.2 Å². The fourth-order valence-corrected chi connectivity index (χ4v) is 4.07. The molecule has 0 spiro atoms. The minimum Gasteiger partial charge on any atom is -0.457 e. The Kier molecular flexibility index (Phi) is 13.4. The van der Waals surface area contributed by atoms with Crippen LogP contribution in [0.2, 0.25) is 0 Å². The zero-order valence-electron chi connectivity index (χ0n) is 22.8. The van der Waals surface area contributed by atoms with E-state index in [0.29, 0.717) is 19.3 Å². The van der Waals surface area contributed by atoms with E-state index in [1.807, 2.05) is 51.3 Å². The molecule has 6 heteroatoms. The number of aliphatic hydroxyl groups excluding tert-OH is 1. The second kappa shape index (κ2) is 15.1. The fraction of sp³-hybridized carbons (Fsp3) is 0.621. The van der Waals surface area contributed by atoms with Gasteiger partial charge in [-0.15, -0.1) is 11.3 Å². The third-order valence-corrected chi connectivity index (χ3v) is 7.43. The molecule has 196 valence electrons. The van der Waals surface area contributed by atoms with Gasteiger partial charge in [0.05, 0.1) is 16.8 Å². The first-order chi connectivity index (χ1) is 16.4.